The van der Waals surface area contributed by atoms with Gasteiger partial charge in [-0.15, -0.1) is 0 Å². The summed E-state index contributed by atoms with van der Waals surface area (Å²) in [6.45, 7) is 3.54. The van der Waals surface area contributed by atoms with Crippen molar-refractivity contribution < 1.29 is 22.4 Å². The second-order valence-electron chi connectivity index (χ2n) is 7.53. The molecule has 0 bridgehead atoms. The number of carbonyl (C=O) groups is 1. The number of halogens is 4. The molecule has 33 heavy (non-hydrogen) atoms. The highest BCUT2D eigenvalue weighted by atomic mass is 19.4. The minimum absolute atomic E-state index is 0.116. The van der Waals surface area contributed by atoms with Crippen molar-refractivity contribution >= 4 is 11.6 Å². The van der Waals surface area contributed by atoms with Crippen LogP contribution in [-0.4, -0.2) is 25.9 Å². The van der Waals surface area contributed by atoms with E-state index in [4.69, 9.17) is 0 Å². The van der Waals surface area contributed by atoms with Crippen molar-refractivity contribution in [1.29, 1.82) is 0 Å². The number of H-pyrrole nitrogens is 1. The van der Waals surface area contributed by atoms with Gasteiger partial charge >= 0.3 is 6.18 Å². The number of hydrogen-bond donors (Lipinski definition) is 2. The van der Waals surface area contributed by atoms with Crippen LogP contribution in [0.1, 0.15) is 33.0 Å². The SMILES string of the molecule is Cc1nn(Cc2cccc(C(F)(F)F)c2)c(C)c1NC(=O)c1cc(-c2ccc(F)cc2)n[nH]1. The van der Waals surface area contributed by atoms with Crippen LogP contribution in [0.4, 0.5) is 23.2 Å². The fraction of sp³-hybridized carbons (Fsp3) is 0.174. The van der Waals surface area contributed by atoms with Crippen LogP contribution in [0.2, 0.25) is 0 Å². The summed E-state index contributed by atoms with van der Waals surface area (Å²) >= 11 is 0. The fourth-order valence-electron chi connectivity index (χ4n) is 3.44. The van der Waals surface area contributed by atoms with Crippen molar-refractivity contribution in [2.45, 2.75) is 26.6 Å². The molecule has 0 aliphatic carbocycles. The predicted octanol–water partition coefficient (Wildman–Crippen LogP) is 5.35. The Balaban J connectivity index is 1.52. The Hall–Kier alpha value is -3.95. The van der Waals surface area contributed by atoms with Gasteiger partial charge in [0.2, 0.25) is 0 Å². The Morgan fingerprint density at radius 2 is 1.82 bits per heavy atom. The van der Waals surface area contributed by atoms with Crippen LogP contribution < -0.4 is 5.32 Å². The van der Waals surface area contributed by atoms with Gasteiger partial charge in [-0.25, -0.2) is 4.39 Å². The molecule has 2 aromatic carbocycles. The number of amides is 1. The van der Waals surface area contributed by atoms with E-state index in [1.54, 1.807) is 38.1 Å². The molecule has 2 aromatic heterocycles. The molecule has 4 aromatic rings. The van der Waals surface area contributed by atoms with E-state index in [0.29, 0.717) is 33.9 Å². The number of carbonyl (C=O) groups excluding carboxylic acids is 1. The van der Waals surface area contributed by atoms with E-state index in [2.05, 4.69) is 20.6 Å². The first-order chi connectivity index (χ1) is 15.6. The third-order valence-corrected chi connectivity index (χ3v) is 5.17. The third-order valence-electron chi connectivity index (χ3n) is 5.17. The zero-order valence-corrected chi connectivity index (χ0v) is 17.7. The Kier molecular flexibility index (Phi) is 5.75. The maximum Gasteiger partial charge on any atom is 0.416 e. The number of aryl methyl sites for hydroxylation is 1. The number of nitrogens with zero attached hydrogens (tertiary/aromatic N) is 3. The zero-order valence-electron chi connectivity index (χ0n) is 17.7. The summed E-state index contributed by atoms with van der Waals surface area (Å²) in [4.78, 5) is 12.7. The molecule has 0 unspecified atom stereocenters. The molecule has 4 rings (SSSR count). The Morgan fingerprint density at radius 1 is 1.09 bits per heavy atom. The molecule has 2 N–H and O–H groups in total. The summed E-state index contributed by atoms with van der Waals surface area (Å²) in [5.74, 6) is -0.832. The molecule has 170 valence electrons. The molecule has 0 aliphatic rings. The third kappa shape index (κ3) is 4.79. The Morgan fingerprint density at radius 3 is 2.52 bits per heavy atom. The van der Waals surface area contributed by atoms with Crippen molar-refractivity contribution in [3.05, 3.63) is 88.6 Å². The van der Waals surface area contributed by atoms with Gasteiger partial charge < -0.3 is 5.32 Å². The van der Waals surface area contributed by atoms with Crippen molar-refractivity contribution in [1.82, 2.24) is 20.0 Å². The molecule has 0 saturated carbocycles. The van der Waals surface area contributed by atoms with Crippen LogP contribution in [0.3, 0.4) is 0 Å². The van der Waals surface area contributed by atoms with Crippen LogP contribution in [0.25, 0.3) is 11.3 Å². The second-order valence-corrected chi connectivity index (χ2v) is 7.53. The minimum Gasteiger partial charge on any atom is -0.318 e. The average Bonchev–Trinajstić information content (AvgIpc) is 3.35. The molecular formula is C23H19F4N5O. The normalized spacial score (nSPS) is 11.6. The summed E-state index contributed by atoms with van der Waals surface area (Å²) < 4.78 is 53.6. The highest BCUT2D eigenvalue weighted by molar-refractivity contribution is 6.04. The first kappa shape index (κ1) is 22.3. The molecule has 1 amide bonds. The Bertz CT molecular complexity index is 1310. The van der Waals surface area contributed by atoms with Crippen LogP contribution in [0.5, 0.6) is 0 Å². The van der Waals surface area contributed by atoms with Crippen molar-refractivity contribution in [3.63, 3.8) is 0 Å². The number of anilines is 1. The number of hydrogen-bond acceptors (Lipinski definition) is 3. The summed E-state index contributed by atoms with van der Waals surface area (Å²) in [5.41, 5.74) is 2.60. The largest absolute Gasteiger partial charge is 0.416 e. The Labute approximate surface area is 186 Å². The summed E-state index contributed by atoms with van der Waals surface area (Å²) in [5, 5.41) is 13.9. The number of benzene rings is 2. The molecule has 0 saturated heterocycles. The number of rotatable bonds is 5. The van der Waals surface area contributed by atoms with E-state index >= 15 is 0 Å². The first-order valence-corrected chi connectivity index (χ1v) is 9.94. The lowest BCUT2D eigenvalue weighted by Gasteiger charge is -2.10. The lowest BCUT2D eigenvalue weighted by atomic mass is 10.1. The highest BCUT2D eigenvalue weighted by Crippen LogP contribution is 2.30. The monoisotopic (exact) mass is 457 g/mol. The van der Waals surface area contributed by atoms with Gasteiger partial charge in [0.05, 0.1) is 34.9 Å². The number of nitrogens with one attached hydrogen (secondary N) is 2. The van der Waals surface area contributed by atoms with E-state index in [0.717, 1.165) is 12.1 Å². The van der Waals surface area contributed by atoms with Crippen molar-refractivity contribution in [2.24, 2.45) is 0 Å². The van der Waals surface area contributed by atoms with Gasteiger partial charge in [-0.3, -0.25) is 14.6 Å². The van der Waals surface area contributed by atoms with Gasteiger partial charge in [-0.1, -0.05) is 12.1 Å². The lowest BCUT2D eigenvalue weighted by Crippen LogP contribution is -2.14. The van der Waals surface area contributed by atoms with E-state index in [-0.39, 0.29) is 18.1 Å². The van der Waals surface area contributed by atoms with Gasteiger partial charge in [0, 0.05) is 5.56 Å². The van der Waals surface area contributed by atoms with Gasteiger partial charge in [-0.2, -0.15) is 23.4 Å². The first-order valence-electron chi connectivity index (χ1n) is 9.94. The van der Waals surface area contributed by atoms with E-state index in [9.17, 15) is 22.4 Å². The zero-order chi connectivity index (χ0) is 23.8. The molecule has 0 aliphatic heterocycles. The lowest BCUT2D eigenvalue weighted by molar-refractivity contribution is -0.137. The minimum atomic E-state index is -4.43. The van der Waals surface area contributed by atoms with E-state index in [1.165, 1.54) is 22.9 Å². The van der Waals surface area contributed by atoms with Crippen LogP contribution >= 0.6 is 0 Å². The summed E-state index contributed by atoms with van der Waals surface area (Å²) in [6, 6.07) is 12.3. The van der Waals surface area contributed by atoms with Crippen molar-refractivity contribution in [2.75, 3.05) is 5.32 Å². The number of aromatic amines is 1. The van der Waals surface area contributed by atoms with Crippen LogP contribution in [0.15, 0.2) is 54.6 Å². The quantitative estimate of drug-likeness (QED) is 0.397. The van der Waals surface area contributed by atoms with Gasteiger partial charge in [0.15, 0.2) is 0 Å². The molecule has 0 fully saturated rings. The average molecular weight is 457 g/mol. The van der Waals surface area contributed by atoms with Crippen LogP contribution in [-0.2, 0) is 12.7 Å². The topological polar surface area (TPSA) is 75.6 Å². The number of alkyl halides is 3. The summed E-state index contributed by atoms with van der Waals surface area (Å²) in [6.07, 6.45) is -4.43. The standard InChI is InChI=1S/C23H19F4N5O/c1-13-21(14(2)32(31-13)12-15-4-3-5-17(10-15)23(25,26)27)28-22(33)20-11-19(29-30-20)16-6-8-18(24)9-7-16/h3-11H,12H2,1-2H3,(H,28,33)(H,29,30). The van der Waals surface area contributed by atoms with Gasteiger partial charge in [0.1, 0.15) is 11.5 Å². The maximum absolute atomic E-state index is 13.1. The van der Waals surface area contributed by atoms with E-state index in [1.807, 2.05) is 0 Å². The van der Waals surface area contributed by atoms with Crippen LogP contribution in [0, 0.1) is 19.7 Å². The molecule has 10 heteroatoms. The smallest absolute Gasteiger partial charge is 0.318 e. The maximum atomic E-state index is 13.1. The number of aromatic nitrogens is 4. The predicted molar refractivity (Wildman–Crippen MR) is 114 cm³/mol. The molecule has 0 spiro atoms. The molecule has 2 heterocycles. The molecule has 0 radical (unpaired) electrons. The molecule has 6 nitrogen and oxygen atoms in total. The molecule has 0 atom stereocenters. The van der Waals surface area contributed by atoms with Crippen molar-refractivity contribution in [3.8, 4) is 11.3 Å². The molecular weight excluding hydrogens is 438 g/mol. The summed E-state index contributed by atoms with van der Waals surface area (Å²) in [7, 11) is 0. The fourth-order valence-corrected chi connectivity index (χ4v) is 3.44. The highest BCUT2D eigenvalue weighted by Gasteiger charge is 2.30. The van der Waals surface area contributed by atoms with Gasteiger partial charge in [0.25, 0.3) is 5.91 Å². The van der Waals surface area contributed by atoms with Gasteiger partial charge in [-0.05, 0) is 61.9 Å². The van der Waals surface area contributed by atoms with E-state index < -0.39 is 17.6 Å². The second kappa shape index (κ2) is 8.53.